The lowest BCUT2D eigenvalue weighted by atomic mass is 10.3. The van der Waals surface area contributed by atoms with Crippen LogP contribution in [0, 0.1) is 0 Å². The molecule has 0 atom stereocenters. The summed E-state index contributed by atoms with van der Waals surface area (Å²) in [5.74, 6) is 0.0345. The van der Waals surface area contributed by atoms with Gasteiger partial charge in [-0.3, -0.25) is 0 Å². The Balaban J connectivity index is 2.10. The topological polar surface area (TPSA) is 102 Å². The number of anilines is 1. The molecule has 0 saturated heterocycles. The lowest BCUT2D eigenvalue weighted by Gasteiger charge is -2.01. The number of carboxylic acid groups (broad SMARTS) is 1. The minimum atomic E-state index is -1.01. The van der Waals surface area contributed by atoms with Crippen LogP contribution in [-0.2, 0) is 5.75 Å². The van der Waals surface area contributed by atoms with Crippen LogP contribution in [0.1, 0.15) is 16.1 Å². The number of nitrogens with two attached hydrogens (primary N) is 1. The number of nitrogens with zero attached hydrogens (tertiary/aromatic N) is 2. The number of nitrogen functional groups attached to an aromatic ring is 1. The zero-order valence-electron chi connectivity index (χ0n) is 8.66. The van der Waals surface area contributed by atoms with Crippen molar-refractivity contribution in [3.05, 3.63) is 36.0 Å². The number of aromatic nitrogens is 2. The Morgan fingerprint density at radius 2 is 2.24 bits per heavy atom. The van der Waals surface area contributed by atoms with Gasteiger partial charge in [0.2, 0.25) is 0 Å². The third-order valence-corrected chi connectivity index (χ3v) is 3.00. The lowest BCUT2D eigenvalue weighted by Crippen LogP contribution is -1.99. The van der Waals surface area contributed by atoms with E-state index in [0.717, 1.165) is 0 Å². The fraction of sp³-hybridized carbons (Fsp3) is 0.100. The summed E-state index contributed by atoms with van der Waals surface area (Å²) in [5, 5.41) is 9.44. The quantitative estimate of drug-likeness (QED) is 0.796. The molecule has 6 nitrogen and oxygen atoms in total. The molecule has 88 valence electrons. The molecule has 0 radical (unpaired) electrons. The zero-order chi connectivity index (χ0) is 12.3. The molecule has 0 fully saturated rings. The molecule has 17 heavy (non-hydrogen) atoms. The molecule has 0 aliphatic rings. The fourth-order valence-corrected chi connectivity index (χ4v) is 2.05. The van der Waals surface area contributed by atoms with Crippen molar-refractivity contribution in [1.29, 1.82) is 0 Å². The van der Waals surface area contributed by atoms with Crippen molar-refractivity contribution in [1.82, 2.24) is 9.97 Å². The van der Waals surface area contributed by atoms with Gasteiger partial charge in [0.1, 0.15) is 16.3 Å². The van der Waals surface area contributed by atoms with E-state index in [0.29, 0.717) is 22.4 Å². The molecule has 0 spiro atoms. The highest BCUT2D eigenvalue weighted by molar-refractivity contribution is 7.98. The second-order valence-corrected chi connectivity index (χ2v) is 4.06. The van der Waals surface area contributed by atoms with E-state index in [1.165, 1.54) is 36.5 Å². The van der Waals surface area contributed by atoms with Crippen molar-refractivity contribution in [3.63, 3.8) is 0 Å². The van der Waals surface area contributed by atoms with Crippen molar-refractivity contribution in [2.75, 3.05) is 5.73 Å². The van der Waals surface area contributed by atoms with Gasteiger partial charge in [0.05, 0.1) is 12.0 Å². The number of aromatic carboxylic acids is 1. The van der Waals surface area contributed by atoms with E-state index >= 15 is 0 Å². The standard InChI is InChI=1S/C10H9N3O3S/c11-8-9(13-3-2-12-8)17-5-7-6(10(14)15)1-4-16-7/h1-4H,5H2,(H2,11,12)(H,14,15). The molecular formula is C10H9N3O3S. The van der Waals surface area contributed by atoms with Gasteiger partial charge in [-0.25, -0.2) is 14.8 Å². The number of rotatable bonds is 4. The third kappa shape index (κ3) is 2.56. The maximum atomic E-state index is 10.8. The Bertz CT molecular complexity index is 541. The average molecular weight is 251 g/mol. The highest BCUT2D eigenvalue weighted by Crippen LogP contribution is 2.26. The van der Waals surface area contributed by atoms with E-state index in [1.807, 2.05) is 0 Å². The van der Waals surface area contributed by atoms with Crippen LogP contribution >= 0.6 is 11.8 Å². The Morgan fingerprint density at radius 3 is 2.94 bits per heavy atom. The number of furan rings is 1. The fourth-order valence-electron chi connectivity index (χ4n) is 1.22. The summed E-state index contributed by atoms with van der Waals surface area (Å²) >= 11 is 1.28. The maximum Gasteiger partial charge on any atom is 0.339 e. The Hall–Kier alpha value is -2.02. The summed E-state index contributed by atoms with van der Waals surface area (Å²) in [6.45, 7) is 0. The summed E-state index contributed by atoms with van der Waals surface area (Å²) in [4.78, 5) is 18.8. The van der Waals surface area contributed by atoms with Crippen molar-refractivity contribution in [2.24, 2.45) is 0 Å². The van der Waals surface area contributed by atoms with Gasteiger partial charge in [0, 0.05) is 12.4 Å². The Labute approximate surface area is 101 Å². The smallest absolute Gasteiger partial charge is 0.339 e. The van der Waals surface area contributed by atoms with Crippen molar-refractivity contribution in [3.8, 4) is 0 Å². The third-order valence-electron chi connectivity index (χ3n) is 2.01. The molecule has 0 amide bonds. The van der Waals surface area contributed by atoms with Gasteiger partial charge in [-0.05, 0) is 6.07 Å². The second-order valence-electron chi connectivity index (χ2n) is 3.10. The van der Waals surface area contributed by atoms with E-state index in [-0.39, 0.29) is 5.56 Å². The Morgan fingerprint density at radius 1 is 1.47 bits per heavy atom. The summed E-state index contributed by atoms with van der Waals surface area (Å²) in [6.07, 6.45) is 4.37. The van der Waals surface area contributed by atoms with Crippen LogP contribution in [0.3, 0.4) is 0 Å². The van der Waals surface area contributed by atoms with Crippen LogP contribution in [0.15, 0.2) is 34.2 Å². The molecule has 0 saturated carbocycles. The molecule has 7 heteroatoms. The molecule has 0 aliphatic carbocycles. The normalized spacial score (nSPS) is 10.4. The number of carboxylic acids is 1. The van der Waals surface area contributed by atoms with Crippen LogP contribution in [0.2, 0.25) is 0 Å². The first-order chi connectivity index (χ1) is 8.18. The predicted molar refractivity (Wildman–Crippen MR) is 61.7 cm³/mol. The Kier molecular flexibility index (Phi) is 3.29. The molecule has 0 unspecified atom stereocenters. The van der Waals surface area contributed by atoms with E-state index in [4.69, 9.17) is 15.3 Å². The first-order valence-corrected chi connectivity index (χ1v) is 5.66. The van der Waals surface area contributed by atoms with Gasteiger partial charge < -0.3 is 15.3 Å². The lowest BCUT2D eigenvalue weighted by molar-refractivity contribution is 0.0695. The molecule has 3 N–H and O–H groups in total. The minimum absolute atomic E-state index is 0.153. The number of carbonyl (C=O) groups is 1. The number of hydrogen-bond acceptors (Lipinski definition) is 6. The highest BCUT2D eigenvalue weighted by atomic mass is 32.2. The molecule has 0 bridgehead atoms. The van der Waals surface area contributed by atoms with Gasteiger partial charge in [-0.1, -0.05) is 11.8 Å². The first-order valence-electron chi connectivity index (χ1n) is 4.67. The average Bonchev–Trinajstić information content (AvgIpc) is 2.76. The maximum absolute atomic E-state index is 10.8. The molecule has 0 aliphatic heterocycles. The van der Waals surface area contributed by atoms with E-state index < -0.39 is 5.97 Å². The van der Waals surface area contributed by atoms with Crippen molar-refractivity contribution in [2.45, 2.75) is 10.8 Å². The van der Waals surface area contributed by atoms with E-state index in [1.54, 1.807) is 0 Å². The van der Waals surface area contributed by atoms with Gasteiger partial charge >= 0.3 is 5.97 Å². The summed E-state index contributed by atoms with van der Waals surface area (Å²) < 4.78 is 5.10. The SMILES string of the molecule is Nc1nccnc1SCc1occc1C(=O)O. The number of hydrogen-bond donors (Lipinski definition) is 2. The van der Waals surface area contributed by atoms with Gasteiger partial charge in [-0.2, -0.15) is 0 Å². The molecular weight excluding hydrogens is 242 g/mol. The largest absolute Gasteiger partial charge is 0.478 e. The zero-order valence-corrected chi connectivity index (χ0v) is 9.48. The molecule has 2 rings (SSSR count). The summed E-state index contributed by atoms with van der Waals surface area (Å²) in [7, 11) is 0. The van der Waals surface area contributed by atoms with E-state index in [2.05, 4.69) is 9.97 Å². The van der Waals surface area contributed by atoms with E-state index in [9.17, 15) is 4.79 Å². The summed E-state index contributed by atoms with van der Waals surface area (Å²) in [5.41, 5.74) is 5.77. The van der Waals surface area contributed by atoms with Crippen LogP contribution in [0.5, 0.6) is 0 Å². The second kappa shape index (κ2) is 4.88. The van der Waals surface area contributed by atoms with Crippen LogP contribution in [0.4, 0.5) is 5.82 Å². The minimum Gasteiger partial charge on any atom is -0.478 e. The van der Waals surface area contributed by atoms with Crippen LogP contribution in [-0.4, -0.2) is 21.0 Å². The molecule has 2 aromatic heterocycles. The van der Waals surface area contributed by atoms with Gasteiger partial charge in [-0.15, -0.1) is 0 Å². The monoisotopic (exact) mass is 251 g/mol. The van der Waals surface area contributed by atoms with Gasteiger partial charge in [0.25, 0.3) is 0 Å². The number of thioether (sulfide) groups is 1. The van der Waals surface area contributed by atoms with Crippen LogP contribution in [0.25, 0.3) is 0 Å². The highest BCUT2D eigenvalue weighted by Gasteiger charge is 2.14. The van der Waals surface area contributed by atoms with Crippen molar-refractivity contribution < 1.29 is 14.3 Å². The first kappa shape index (κ1) is 11.5. The molecule has 2 aromatic rings. The summed E-state index contributed by atoms with van der Waals surface area (Å²) in [6, 6.07) is 1.41. The molecule has 2 heterocycles. The van der Waals surface area contributed by atoms with Gasteiger partial charge in [0.15, 0.2) is 5.82 Å². The van der Waals surface area contributed by atoms with Crippen LogP contribution < -0.4 is 5.73 Å². The van der Waals surface area contributed by atoms with Crippen molar-refractivity contribution >= 4 is 23.5 Å². The predicted octanol–water partition coefficient (Wildman–Crippen LogP) is 1.64. The molecule has 0 aromatic carbocycles.